The lowest BCUT2D eigenvalue weighted by molar-refractivity contribution is -0.147. The highest BCUT2D eigenvalue weighted by molar-refractivity contribution is 7.81. The molecule has 2 aliphatic carbocycles. The molecule has 4 saturated heterocycles. The number of nitrogens with one attached hydrogen (secondary N) is 5. The summed E-state index contributed by atoms with van der Waals surface area (Å²) in [6, 6.07) is 4.09. The number of nitrogens with zero attached hydrogens (tertiary/aromatic N) is 6. The Morgan fingerprint density at radius 2 is 1.39 bits per heavy atom. The van der Waals surface area contributed by atoms with Gasteiger partial charge in [-0.05, 0) is 113 Å². The van der Waals surface area contributed by atoms with Crippen LogP contribution in [0.3, 0.4) is 0 Å². The van der Waals surface area contributed by atoms with Gasteiger partial charge in [-0.3, -0.25) is 38.1 Å². The van der Waals surface area contributed by atoms with Crippen LogP contribution >= 0.6 is 11.3 Å². The number of ether oxygens (including phenoxy) is 1. The third kappa shape index (κ3) is 18.9. The van der Waals surface area contributed by atoms with Crippen molar-refractivity contribution in [3.8, 4) is 33.2 Å². The Hall–Kier alpha value is -7.57. The highest BCUT2D eigenvalue weighted by atomic mass is 32.3. The number of nitrogens with two attached hydrogens (primary N) is 1. The van der Waals surface area contributed by atoms with Crippen molar-refractivity contribution in [2.24, 2.45) is 17.6 Å². The number of phenols is 1. The van der Waals surface area contributed by atoms with Gasteiger partial charge in [-0.25, -0.2) is 4.98 Å². The van der Waals surface area contributed by atoms with Crippen molar-refractivity contribution in [1.82, 2.24) is 51.6 Å². The van der Waals surface area contributed by atoms with Crippen LogP contribution in [0.2, 0.25) is 0 Å². The van der Waals surface area contributed by atoms with Gasteiger partial charge in [0, 0.05) is 74.7 Å². The average molecular weight is 1420 g/mol. The van der Waals surface area contributed by atoms with Crippen LogP contribution in [0, 0.1) is 11.8 Å². The predicted molar refractivity (Wildman–Crippen MR) is 356 cm³/mol. The van der Waals surface area contributed by atoms with E-state index >= 15 is 0 Å². The molecule has 0 radical (unpaired) electrons. The maximum atomic E-state index is 14.7. The van der Waals surface area contributed by atoms with Crippen molar-refractivity contribution in [3.63, 3.8) is 0 Å². The first-order chi connectivity index (χ1) is 47.2. The highest BCUT2D eigenvalue weighted by Crippen LogP contribution is 2.40. The molecule has 0 unspecified atom stereocenters. The van der Waals surface area contributed by atoms with Crippen LogP contribution in [0.5, 0.6) is 11.5 Å². The summed E-state index contributed by atoms with van der Waals surface area (Å²) in [5.74, 6) is -9.60. The molecule has 0 spiro atoms. The predicted octanol–water partition coefficient (Wildman–Crippen LogP) is -0.570. The van der Waals surface area contributed by atoms with Crippen LogP contribution in [0.15, 0.2) is 60.8 Å². The van der Waals surface area contributed by atoms with Gasteiger partial charge in [0.05, 0.1) is 61.3 Å². The van der Waals surface area contributed by atoms with Crippen LogP contribution in [0.1, 0.15) is 120 Å². The number of aromatic hydroxyl groups is 1. The molecule has 540 valence electrons. The molecule has 13 atom stereocenters. The Morgan fingerprint density at radius 1 is 0.737 bits per heavy atom. The topological polar surface area (TPSA) is 468 Å². The molecule has 10 rings (SSSR count). The Bertz CT molecular complexity index is 3610. The first-order valence-electron chi connectivity index (χ1n) is 33.9. The number of carbonyl (C=O) groups is 7. The quantitative estimate of drug-likeness (QED) is 0.0555. The number of aromatic nitrogens is 3. The summed E-state index contributed by atoms with van der Waals surface area (Å²) in [4.78, 5) is 109. The first-order valence-corrected chi connectivity index (χ1v) is 36.0. The summed E-state index contributed by atoms with van der Waals surface area (Å²) in [5.41, 5.74) is 8.25. The summed E-state index contributed by atoms with van der Waals surface area (Å²) >= 11 is 1.52. The molecule has 7 amide bonds. The summed E-state index contributed by atoms with van der Waals surface area (Å²) < 4.78 is 43.4. The van der Waals surface area contributed by atoms with Gasteiger partial charge in [-0.15, -0.1) is 10.2 Å². The van der Waals surface area contributed by atoms with Crippen LogP contribution in [-0.2, 0) is 55.1 Å². The van der Waals surface area contributed by atoms with Crippen molar-refractivity contribution >= 4 is 68.9 Å². The van der Waals surface area contributed by atoms with Crippen molar-refractivity contribution in [3.05, 3.63) is 71.4 Å². The molecule has 4 aromatic rings. The lowest BCUT2D eigenvalue weighted by Crippen LogP contribution is -2.64. The van der Waals surface area contributed by atoms with E-state index in [4.69, 9.17) is 15.5 Å². The van der Waals surface area contributed by atoms with Crippen molar-refractivity contribution in [1.29, 1.82) is 0 Å². The molecule has 33 heteroatoms. The lowest BCUT2D eigenvalue weighted by Gasteiger charge is -2.35. The van der Waals surface area contributed by atoms with E-state index in [9.17, 15) is 82.3 Å². The molecule has 2 aromatic heterocycles. The van der Waals surface area contributed by atoms with Gasteiger partial charge in [0.25, 0.3) is 0 Å². The molecule has 31 nitrogen and oxygen atoms in total. The number of aliphatic hydroxyl groups is 6. The van der Waals surface area contributed by atoms with Crippen LogP contribution in [0.4, 0.5) is 5.82 Å². The standard InChI is InChI=1S/C66H90N12O19S2/c1-34-32-78-57(58(34)86)62(90)70-31-42(80)26-46(68-29-36-8-11-39(12-9-36)63-74-75-64(98-63)40-15-13-38(14-16-40)41-17-19-53(69-30-41)76-22-20-45(21-23-76)96-44-6-4-3-5-7-44)59(87)71-54(35(2)79)65(91)77-33-43(81)27-47(77)60(88)72-55(61(89)73-56(66(78)92)50(84)28-52(67)85)49(83)24-37-10-18-48(82)51(25-37)97-99(93,94)95/h10,13-19,25,30,34-36,39,42-47,49-50,54-58,68,79-84,86H,3-9,11-12,20-24,26-29,31-33H2,1-2H3,(H2,67,85)(H,70,90)(H,71,87)(H,72,88)(H,73,89)(H,93,94,95)/t34-,35+,36?,39?,42+,43+,46-,47-,49+,50+,54-,55-,56-,57-,58-/m0/s1. The number of hydrogen-bond acceptors (Lipinski definition) is 24. The Morgan fingerprint density at radius 3 is 2.06 bits per heavy atom. The van der Waals surface area contributed by atoms with Crippen molar-refractivity contribution in [2.75, 3.05) is 44.2 Å². The molecular formula is C66H90N12O19S2. The molecule has 2 saturated carbocycles. The fraction of sp³-hybridized carbons (Fsp3) is 0.606. The van der Waals surface area contributed by atoms with E-state index in [1.807, 2.05) is 30.5 Å². The van der Waals surface area contributed by atoms with Crippen molar-refractivity contribution < 1.29 is 91.2 Å². The number of primary amides is 1. The molecular weight excluding hydrogens is 1330 g/mol. The second-order valence-corrected chi connectivity index (χ2v) is 29.2. The minimum absolute atomic E-state index is 0.0158. The second kappa shape index (κ2) is 32.8. The van der Waals surface area contributed by atoms with E-state index in [2.05, 4.69) is 58.0 Å². The largest absolute Gasteiger partial charge is 0.504 e. The van der Waals surface area contributed by atoms with E-state index in [0.29, 0.717) is 25.0 Å². The summed E-state index contributed by atoms with van der Waals surface area (Å²) in [7, 11) is -5.22. The number of piperidine rings is 1. The van der Waals surface area contributed by atoms with E-state index < -0.39 is 181 Å². The third-order valence-corrected chi connectivity index (χ3v) is 21.2. The van der Waals surface area contributed by atoms with Gasteiger partial charge >= 0.3 is 10.4 Å². The van der Waals surface area contributed by atoms with Gasteiger partial charge in [-0.2, -0.15) is 8.42 Å². The second-order valence-electron chi connectivity index (χ2n) is 27.1. The number of anilines is 1. The SMILES string of the molecule is C[C@@H](O)[C@@H]1NC(=O)[C@@H](NCC2CCC(c3nnc(-c4ccc(-c5ccc(N6CCC(OC7CCCCC7)CC6)nc5)cc4)s3)CC2)C[C@@H](O)CNC(=O)[C@@H]2[C@@H](O)[C@@H](C)CN2C(=O)[C@H]([C@H](O)CC(N)=O)NC(=O)[C@H]([C@H](O)Cc2ccc(O)c(OS(=O)(=O)O)c2)NC(=O)[C@@H]2C[C@@H](O)CN2C1=O. The lowest BCUT2D eigenvalue weighted by atomic mass is 9.82. The summed E-state index contributed by atoms with van der Waals surface area (Å²) in [6.07, 6.45) is 0.377. The molecule has 0 bridgehead atoms. The van der Waals surface area contributed by atoms with E-state index in [-0.39, 0.29) is 30.5 Å². The van der Waals surface area contributed by atoms with Gasteiger partial charge in [0.1, 0.15) is 46.0 Å². The zero-order valence-corrected chi connectivity index (χ0v) is 56.7. The van der Waals surface area contributed by atoms with Crippen LogP contribution in [0.25, 0.3) is 21.7 Å². The number of aliphatic hydroxyl groups excluding tert-OH is 6. The van der Waals surface area contributed by atoms with E-state index in [1.54, 1.807) is 0 Å². The van der Waals surface area contributed by atoms with Crippen LogP contribution < -0.4 is 41.4 Å². The number of fused-ring (bicyclic) bond motifs is 2. The number of rotatable bonds is 18. The number of amides is 7. The maximum Gasteiger partial charge on any atom is 0.446 e. The van der Waals surface area contributed by atoms with E-state index in [1.165, 1.54) is 57.3 Å². The maximum absolute atomic E-state index is 14.7. The Kier molecular flexibility index (Phi) is 24.6. The molecule has 2 aromatic carbocycles. The van der Waals surface area contributed by atoms with Gasteiger partial charge in [0.2, 0.25) is 41.4 Å². The number of benzene rings is 2. The van der Waals surface area contributed by atoms with Gasteiger partial charge in [0.15, 0.2) is 11.5 Å². The third-order valence-electron chi connectivity index (χ3n) is 19.7. The zero-order chi connectivity index (χ0) is 71.0. The zero-order valence-electron chi connectivity index (χ0n) is 55.1. The van der Waals surface area contributed by atoms with Gasteiger partial charge in [-0.1, -0.05) is 67.9 Å². The molecule has 4 aliphatic heterocycles. The number of phenolic OH excluding ortho intramolecular Hbond substituents is 1. The Balaban J connectivity index is 0.825. The number of β-amino-alcohol motifs (C(OH)–C–C–N with tert-alkyl or cyclic N) is 1. The molecule has 6 heterocycles. The van der Waals surface area contributed by atoms with Crippen LogP contribution in [-0.4, -0.2) is 239 Å². The highest BCUT2D eigenvalue weighted by Gasteiger charge is 2.50. The fourth-order valence-electron chi connectivity index (χ4n) is 14.2. The monoisotopic (exact) mass is 1420 g/mol. The fourth-order valence-corrected chi connectivity index (χ4v) is 15.6. The first kappa shape index (κ1) is 74.1. The summed E-state index contributed by atoms with van der Waals surface area (Å²) in [5, 5.41) is 103. The number of hydrogen-bond donors (Lipinski definition) is 14. The molecule has 99 heavy (non-hydrogen) atoms. The molecule has 15 N–H and O–H groups in total. The molecule has 6 aliphatic rings. The number of carbonyl (C=O) groups excluding carboxylic acids is 7. The minimum atomic E-state index is -5.22. The summed E-state index contributed by atoms with van der Waals surface area (Å²) in [6.45, 7) is 3.18. The Labute approximate surface area is 576 Å². The average Bonchev–Trinajstić information content (AvgIpc) is 1.44. The van der Waals surface area contributed by atoms with Crippen molar-refractivity contribution in [2.45, 2.75) is 201 Å². The van der Waals surface area contributed by atoms with Gasteiger partial charge < -0.3 is 91.7 Å². The smallest absolute Gasteiger partial charge is 0.446 e. The van der Waals surface area contributed by atoms with E-state index in [0.717, 1.165) is 99.3 Å². The molecule has 6 fully saturated rings. The normalized spacial score (nSPS) is 28.7. The number of pyridine rings is 1. The minimum Gasteiger partial charge on any atom is -0.504 e.